The lowest BCUT2D eigenvalue weighted by Gasteiger charge is -2.14. The summed E-state index contributed by atoms with van der Waals surface area (Å²) in [5, 5.41) is 11.4. The van der Waals surface area contributed by atoms with Crippen molar-refractivity contribution in [1.29, 1.82) is 0 Å². The maximum absolute atomic E-state index is 13.3. The van der Waals surface area contributed by atoms with Crippen LogP contribution in [0.15, 0.2) is 78.0 Å². The smallest absolute Gasteiger partial charge is 0.418 e. The van der Waals surface area contributed by atoms with Gasteiger partial charge in [0.1, 0.15) is 0 Å². The molecule has 1 aliphatic rings. The second kappa shape index (κ2) is 9.94. The highest BCUT2D eigenvalue weighted by atomic mass is 32.2. The highest BCUT2D eigenvalue weighted by Crippen LogP contribution is 2.35. The maximum Gasteiger partial charge on any atom is 0.418 e. The third-order valence-corrected chi connectivity index (χ3v) is 6.33. The van der Waals surface area contributed by atoms with Crippen molar-refractivity contribution in [3.63, 3.8) is 0 Å². The van der Waals surface area contributed by atoms with Gasteiger partial charge in [0.15, 0.2) is 22.5 Å². The average molecular weight is 513 g/mol. The first kappa shape index (κ1) is 23.7. The summed E-state index contributed by atoms with van der Waals surface area (Å²) in [6.07, 6.45) is -4.58. The molecule has 5 rings (SSSR count). The molecule has 0 unspecified atom stereocenters. The van der Waals surface area contributed by atoms with Gasteiger partial charge < -0.3 is 14.8 Å². The molecule has 4 aromatic rings. The molecule has 3 aromatic carbocycles. The Hall–Kier alpha value is -3.99. The number of amides is 1. The zero-order chi connectivity index (χ0) is 25.1. The van der Waals surface area contributed by atoms with E-state index in [0.29, 0.717) is 29.0 Å². The summed E-state index contributed by atoms with van der Waals surface area (Å²) in [5.41, 5.74) is 0.547. The van der Waals surface area contributed by atoms with E-state index in [4.69, 9.17) is 9.47 Å². The second-order valence-corrected chi connectivity index (χ2v) is 8.77. The fraction of sp³-hybridized carbons (Fsp3) is 0.160. The van der Waals surface area contributed by atoms with Crippen molar-refractivity contribution < 1.29 is 27.4 Å². The predicted octanol–water partition coefficient (Wildman–Crippen LogP) is 5.47. The SMILES string of the molecule is O=C(CSc1nnc(-c2ccccc2)n1Cc1ccc2c(c1)OCO2)Nc1ccccc1C(F)(F)F. The monoisotopic (exact) mass is 512 g/mol. The fourth-order valence-corrected chi connectivity index (χ4v) is 4.45. The molecule has 7 nitrogen and oxygen atoms in total. The summed E-state index contributed by atoms with van der Waals surface area (Å²) in [4.78, 5) is 12.6. The Morgan fingerprint density at radius 2 is 1.72 bits per heavy atom. The maximum atomic E-state index is 13.3. The van der Waals surface area contributed by atoms with Crippen LogP contribution in [-0.2, 0) is 17.5 Å². The standard InChI is InChI=1S/C25H19F3N4O3S/c26-25(27,28)18-8-4-5-9-19(18)29-22(33)14-36-24-31-30-23(17-6-2-1-3-7-17)32(24)13-16-10-11-20-21(12-16)35-15-34-20/h1-12H,13-15H2,(H,29,33). The number of alkyl halides is 3. The number of fused-ring (bicyclic) bond motifs is 1. The van der Waals surface area contributed by atoms with Crippen molar-refractivity contribution in [2.45, 2.75) is 17.9 Å². The predicted molar refractivity (Wildman–Crippen MR) is 128 cm³/mol. The Morgan fingerprint density at radius 1 is 0.972 bits per heavy atom. The molecule has 0 bridgehead atoms. The van der Waals surface area contributed by atoms with E-state index in [0.717, 1.165) is 29.0 Å². The van der Waals surface area contributed by atoms with Crippen molar-refractivity contribution >= 4 is 23.4 Å². The van der Waals surface area contributed by atoms with E-state index in [1.807, 2.05) is 53.1 Å². The number of halogens is 3. The van der Waals surface area contributed by atoms with Gasteiger partial charge in [-0.15, -0.1) is 10.2 Å². The zero-order valence-electron chi connectivity index (χ0n) is 18.7. The summed E-state index contributed by atoms with van der Waals surface area (Å²) in [7, 11) is 0. The molecule has 0 aliphatic carbocycles. The number of anilines is 1. The lowest BCUT2D eigenvalue weighted by molar-refractivity contribution is -0.137. The molecule has 1 aromatic heterocycles. The van der Waals surface area contributed by atoms with Gasteiger partial charge in [0.2, 0.25) is 12.7 Å². The van der Waals surface area contributed by atoms with Crippen LogP contribution in [0.3, 0.4) is 0 Å². The van der Waals surface area contributed by atoms with Crippen molar-refractivity contribution in [3.8, 4) is 22.9 Å². The number of ether oxygens (including phenoxy) is 2. The molecular weight excluding hydrogens is 493 g/mol. The molecule has 1 aliphatic heterocycles. The van der Waals surface area contributed by atoms with Crippen molar-refractivity contribution in [3.05, 3.63) is 83.9 Å². The van der Waals surface area contributed by atoms with Gasteiger partial charge in [-0.3, -0.25) is 9.36 Å². The third-order valence-electron chi connectivity index (χ3n) is 5.37. The number of thioether (sulfide) groups is 1. The summed E-state index contributed by atoms with van der Waals surface area (Å²) in [6.45, 7) is 0.545. The Balaban J connectivity index is 1.37. The lowest BCUT2D eigenvalue weighted by atomic mass is 10.1. The second-order valence-electron chi connectivity index (χ2n) is 7.83. The Bertz CT molecular complexity index is 1390. The molecule has 0 atom stereocenters. The molecule has 1 amide bonds. The van der Waals surface area contributed by atoms with Gasteiger partial charge in [0, 0.05) is 5.56 Å². The van der Waals surface area contributed by atoms with Gasteiger partial charge in [-0.2, -0.15) is 13.2 Å². The van der Waals surface area contributed by atoms with Gasteiger partial charge in [0.25, 0.3) is 0 Å². The molecule has 36 heavy (non-hydrogen) atoms. The number of hydrogen-bond donors (Lipinski definition) is 1. The van der Waals surface area contributed by atoms with Crippen LogP contribution >= 0.6 is 11.8 Å². The van der Waals surface area contributed by atoms with E-state index in [1.165, 1.54) is 18.2 Å². The molecule has 0 fully saturated rings. The summed E-state index contributed by atoms with van der Waals surface area (Å²) in [5.74, 6) is 1.16. The first-order chi connectivity index (χ1) is 17.4. The largest absolute Gasteiger partial charge is 0.454 e. The number of carbonyl (C=O) groups is 1. The quantitative estimate of drug-likeness (QED) is 0.331. The fourth-order valence-electron chi connectivity index (χ4n) is 3.72. The number of nitrogens with zero attached hydrogens (tertiary/aromatic N) is 3. The van der Waals surface area contributed by atoms with Crippen LogP contribution in [0, 0.1) is 0 Å². The van der Waals surface area contributed by atoms with Gasteiger partial charge in [-0.25, -0.2) is 0 Å². The third kappa shape index (κ3) is 5.15. The zero-order valence-corrected chi connectivity index (χ0v) is 19.5. The highest BCUT2D eigenvalue weighted by Gasteiger charge is 2.33. The van der Waals surface area contributed by atoms with Crippen LogP contribution < -0.4 is 14.8 Å². The molecule has 0 saturated heterocycles. The minimum Gasteiger partial charge on any atom is -0.454 e. The Kier molecular flexibility index (Phi) is 6.55. The van der Waals surface area contributed by atoms with Crippen molar-refractivity contribution in [2.75, 3.05) is 17.9 Å². The molecule has 1 N–H and O–H groups in total. The number of para-hydroxylation sites is 1. The first-order valence-corrected chi connectivity index (χ1v) is 11.8. The number of aromatic nitrogens is 3. The lowest BCUT2D eigenvalue weighted by Crippen LogP contribution is -2.18. The van der Waals surface area contributed by atoms with Crippen LogP contribution in [-0.4, -0.2) is 33.2 Å². The Morgan fingerprint density at radius 3 is 2.53 bits per heavy atom. The Labute approximate surface area is 208 Å². The van der Waals surface area contributed by atoms with E-state index >= 15 is 0 Å². The summed E-state index contributed by atoms with van der Waals surface area (Å²) >= 11 is 1.09. The van der Waals surface area contributed by atoms with Gasteiger partial charge in [-0.1, -0.05) is 60.3 Å². The van der Waals surface area contributed by atoms with Crippen LogP contribution in [0.5, 0.6) is 11.5 Å². The van der Waals surface area contributed by atoms with Gasteiger partial charge in [-0.05, 0) is 29.8 Å². The highest BCUT2D eigenvalue weighted by molar-refractivity contribution is 7.99. The normalized spacial score (nSPS) is 12.5. The van der Waals surface area contributed by atoms with Crippen LogP contribution in [0.2, 0.25) is 0 Å². The number of benzene rings is 3. The molecule has 11 heteroatoms. The number of carbonyl (C=O) groups excluding carboxylic acids is 1. The van der Waals surface area contributed by atoms with E-state index in [2.05, 4.69) is 15.5 Å². The molecule has 0 radical (unpaired) electrons. The molecule has 184 valence electrons. The number of rotatable bonds is 7. The molecule has 2 heterocycles. The summed E-state index contributed by atoms with van der Waals surface area (Å²) < 4.78 is 52.5. The van der Waals surface area contributed by atoms with E-state index < -0.39 is 17.6 Å². The first-order valence-electron chi connectivity index (χ1n) is 10.8. The van der Waals surface area contributed by atoms with E-state index in [9.17, 15) is 18.0 Å². The number of nitrogens with one attached hydrogen (secondary N) is 1. The number of hydrogen-bond acceptors (Lipinski definition) is 6. The van der Waals surface area contributed by atoms with E-state index in [-0.39, 0.29) is 18.2 Å². The van der Waals surface area contributed by atoms with Crippen LogP contribution in [0.25, 0.3) is 11.4 Å². The molecule has 0 spiro atoms. The van der Waals surface area contributed by atoms with Gasteiger partial charge in [0.05, 0.1) is 23.5 Å². The molecule has 0 saturated carbocycles. The minimum atomic E-state index is -4.58. The minimum absolute atomic E-state index is 0.153. The average Bonchev–Trinajstić information content (AvgIpc) is 3.49. The van der Waals surface area contributed by atoms with Crippen molar-refractivity contribution in [2.24, 2.45) is 0 Å². The van der Waals surface area contributed by atoms with Gasteiger partial charge >= 0.3 is 6.18 Å². The molecular formula is C25H19F3N4O3S. The topological polar surface area (TPSA) is 78.3 Å². The summed E-state index contributed by atoms with van der Waals surface area (Å²) in [6, 6.07) is 19.9. The van der Waals surface area contributed by atoms with Crippen molar-refractivity contribution in [1.82, 2.24) is 14.8 Å². The van der Waals surface area contributed by atoms with Crippen LogP contribution in [0.1, 0.15) is 11.1 Å². The van der Waals surface area contributed by atoms with E-state index in [1.54, 1.807) is 0 Å². The van der Waals surface area contributed by atoms with Crippen LogP contribution in [0.4, 0.5) is 18.9 Å².